The standard InChI is InChI=1S/C22H20Cl2N2O5S/c1-14(31-21-6-4-3-5-20(21)30-2)22(27)25-17-7-9-19(10-8-17)32(28,29)26-18-12-15(23)11-16(24)13-18/h3-14,26H,1-2H3,(H,25,27). The third-order valence-corrected chi connectivity index (χ3v) is 6.12. The van der Waals surface area contributed by atoms with Gasteiger partial charge in [-0.2, -0.15) is 0 Å². The summed E-state index contributed by atoms with van der Waals surface area (Å²) >= 11 is 11.8. The van der Waals surface area contributed by atoms with Crippen LogP contribution in [-0.2, 0) is 14.8 Å². The molecule has 0 aromatic heterocycles. The molecule has 0 radical (unpaired) electrons. The first-order valence-corrected chi connectivity index (χ1v) is 11.6. The van der Waals surface area contributed by atoms with Crippen LogP contribution in [0.3, 0.4) is 0 Å². The lowest BCUT2D eigenvalue weighted by Gasteiger charge is -2.16. The third kappa shape index (κ3) is 6.06. The number of rotatable bonds is 8. The first-order chi connectivity index (χ1) is 15.2. The number of para-hydroxylation sites is 2. The number of methoxy groups -OCH3 is 1. The van der Waals surface area contributed by atoms with E-state index in [2.05, 4.69) is 10.0 Å². The van der Waals surface area contributed by atoms with Gasteiger partial charge in [0.15, 0.2) is 17.6 Å². The van der Waals surface area contributed by atoms with E-state index in [1.807, 2.05) is 0 Å². The second kappa shape index (κ2) is 10.1. The summed E-state index contributed by atoms with van der Waals surface area (Å²) in [6.07, 6.45) is -0.816. The van der Waals surface area contributed by atoms with E-state index in [9.17, 15) is 13.2 Å². The van der Waals surface area contributed by atoms with Crippen molar-refractivity contribution in [2.24, 2.45) is 0 Å². The average molecular weight is 495 g/mol. The van der Waals surface area contributed by atoms with E-state index >= 15 is 0 Å². The lowest BCUT2D eigenvalue weighted by Crippen LogP contribution is -2.30. The van der Waals surface area contributed by atoms with Gasteiger partial charge in [0.2, 0.25) is 0 Å². The Morgan fingerprint density at radius 1 is 0.906 bits per heavy atom. The van der Waals surface area contributed by atoms with Crippen LogP contribution in [0.5, 0.6) is 11.5 Å². The van der Waals surface area contributed by atoms with Gasteiger partial charge in [0, 0.05) is 15.7 Å². The van der Waals surface area contributed by atoms with Crippen molar-refractivity contribution in [2.75, 3.05) is 17.1 Å². The largest absolute Gasteiger partial charge is 0.493 e. The maximum absolute atomic E-state index is 12.6. The van der Waals surface area contributed by atoms with Crippen molar-refractivity contribution < 1.29 is 22.7 Å². The number of hydrogen-bond donors (Lipinski definition) is 2. The van der Waals surface area contributed by atoms with E-state index in [-0.39, 0.29) is 10.6 Å². The maximum Gasteiger partial charge on any atom is 0.265 e. The topological polar surface area (TPSA) is 93.7 Å². The number of nitrogens with one attached hydrogen (secondary N) is 2. The smallest absolute Gasteiger partial charge is 0.265 e. The number of sulfonamides is 1. The number of hydrogen-bond acceptors (Lipinski definition) is 5. The Morgan fingerprint density at radius 3 is 2.09 bits per heavy atom. The van der Waals surface area contributed by atoms with Crippen LogP contribution in [-0.4, -0.2) is 27.5 Å². The highest BCUT2D eigenvalue weighted by Gasteiger charge is 2.18. The zero-order chi connectivity index (χ0) is 23.3. The fraction of sp³-hybridized carbons (Fsp3) is 0.136. The van der Waals surface area contributed by atoms with Crippen molar-refractivity contribution in [3.8, 4) is 11.5 Å². The van der Waals surface area contributed by atoms with Crippen LogP contribution in [0.2, 0.25) is 10.0 Å². The van der Waals surface area contributed by atoms with Crippen LogP contribution in [0.1, 0.15) is 6.92 Å². The molecular formula is C22H20Cl2N2O5S. The van der Waals surface area contributed by atoms with E-state index < -0.39 is 22.0 Å². The summed E-state index contributed by atoms with van der Waals surface area (Å²) in [5.41, 5.74) is 0.650. The van der Waals surface area contributed by atoms with E-state index in [0.717, 1.165) is 0 Å². The molecule has 2 N–H and O–H groups in total. The normalized spacial score (nSPS) is 12.0. The summed E-state index contributed by atoms with van der Waals surface area (Å²) in [7, 11) is -2.36. The quantitative estimate of drug-likeness (QED) is 0.448. The molecule has 32 heavy (non-hydrogen) atoms. The summed E-state index contributed by atoms with van der Waals surface area (Å²) in [6, 6.07) is 17.1. The lowest BCUT2D eigenvalue weighted by molar-refractivity contribution is -0.122. The van der Waals surface area contributed by atoms with Crippen molar-refractivity contribution in [2.45, 2.75) is 17.9 Å². The molecule has 0 aliphatic heterocycles. The molecular weight excluding hydrogens is 475 g/mol. The lowest BCUT2D eigenvalue weighted by atomic mass is 10.3. The zero-order valence-electron chi connectivity index (χ0n) is 17.1. The van der Waals surface area contributed by atoms with Crippen molar-refractivity contribution in [1.82, 2.24) is 0 Å². The van der Waals surface area contributed by atoms with E-state index in [4.69, 9.17) is 32.7 Å². The molecule has 0 aliphatic rings. The molecule has 3 rings (SSSR count). The highest BCUT2D eigenvalue weighted by molar-refractivity contribution is 7.92. The van der Waals surface area contributed by atoms with Gasteiger partial charge in [0.05, 0.1) is 17.7 Å². The highest BCUT2D eigenvalue weighted by Crippen LogP contribution is 2.27. The van der Waals surface area contributed by atoms with E-state index in [0.29, 0.717) is 27.2 Å². The van der Waals surface area contributed by atoms with Gasteiger partial charge in [-0.05, 0) is 61.5 Å². The summed E-state index contributed by atoms with van der Waals surface area (Å²) in [5.74, 6) is 0.541. The Morgan fingerprint density at radius 2 is 1.50 bits per heavy atom. The molecule has 7 nitrogen and oxygen atoms in total. The van der Waals surface area contributed by atoms with Crippen LogP contribution in [0, 0.1) is 0 Å². The molecule has 10 heteroatoms. The van der Waals surface area contributed by atoms with Crippen molar-refractivity contribution >= 4 is 50.5 Å². The first kappa shape index (κ1) is 23.7. The first-order valence-electron chi connectivity index (χ1n) is 9.37. The summed E-state index contributed by atoms with van der Waals surface area (Å²) in [5, 5.41) is 3.29. The van der Waals surface area contributed by atoms with Crippen molar-refractivity contribution in [3.05, 3.63) is 76.8 Å². The van der Waals surface area contributed by atoms with Crippen LogP contribution < -0.4 is 19.5 Å². The van der Waals surface area contributed by atoms with Crippen LogP contribution in [0.15, 0.2) is 71.6 Å². The minimum absolute atomic E-state index is 0.00455. The zero-order valence-corrected chi connectivity index (χ0v) is 19.5. The molecule has 1 unspecified atom stereocenters. The third-order valence-electron chi connectivity index (χ3n) is 4.29. The predicted octanol–water partition coefficient (Wildman–Crippen LogP) is 5.21. The van der Waals surface area contributed by atoms with Gasteiger partial charge in [0.1, 0.15) is 0 Å². The Balaban J connectivity index is 1.66. The van der Waals surface area contributed by atoms with Crippen LogP contribution in [0.25, 0.3) is 0 Å². The number of ether oxygens (including phenoxy) is 2. The fourth-order valence-electron chi connectivity index (χ4n) is 2.75. The second-order valence-corrected chi connectivity index (χ2v) is 9.24. The Bertz CT molecular complexity index is 1200. The van der Waals surface area contributed by atoms with Gasteiger partial charge in [-0.3, -0.25) is 9.52 Å². The molecule has 3 aromatic carbocycles. The maximum atomic E-state index is 12.6. The molecule has 0 aliphatic carbocycles. The molecule has 0 saturated carbocycles. The number of carbonyl (C=O) groups excluding carboxylic acids is 1. The molecule has 168 valence electrons. The minimum Gasteiger partial charge on any atom is -0.493 e. The van der Waals surface area contributed by atoms with E-state index in [1.54, 1.807) is 31.2 Å². The molecule has 0 saturated heterocycles. The molecule has 0 fully saturated rings. The van der Waals surface area contributed by atoms with Gasteiger partial charge in [-0.15, -0.1) is 0 Å². The summed E-state index contributed by atoms with van der Waals surface area (Å²) in [6.45, 7) is 1.60. The SMILES string of the molecule is COc1ccccc1OC(C)C(=O)Nc1ccc(S(=O)(=O)Nc2cc(Cl)cc(Cl)c2)cc1. The number of amides is 1. The summed E-state index contributed by atoms with van der Waals surface area (Å²) in [4.78, 5) is 12.5. The van der Waals surface area contributed by atoms with Crippen LogP contribution in [0.4, 0.5) is 11.4 Å². The summed E-state index contributed by atoms with van der Waals surface area (Å²) < 4.78 is 38.5. The Hall–Kier alpha value is -2.94. The van der Waals surface area contributed by atoms with Crippen LogP contribution >= 0.6 is 23.2 Å². The molecule has 1 amide bonds. The number of benzene rings is 3. The molecule has 0 heterocycles. The van der Waals surface area contributed by atoms with Gasteiger partial charge in [-0.1, -0.05) is 35.3 Å². The molecule has 1 atom stereocenters. The van der Waals surface area contributed by atoms with Gasteiger partial charge >= 0.3 is 0 Å². The van der Waals surface area contributed by atoms with Gasteiger partial charge in [0.25, 0.3) is 15.9 Å². The number of anilines is 2. The monoisotopic (exact) mass is 494 g/mol. The Labute approximate surface area is 196 Å². The van der Waals surface area contributed by atoms with E-state index in [1.165, 1.54) is 49.6 Å². The predicted molar refractivity (Wildman–Crippen MR) is 125 cm³/mol. The second-order valence-electron chi connectivity index (χ2n) is 6.69. The highest BCUT2D eigenvalue weighted by atomic mass is 35.5. The van der Waals surface area contributed by atoms with Crippen molar-refractivity contribution in [1.29, 1.82) is 0 Å². The number of carbonyl (C=O) groups is 1. The molecule has 3 aromatic rings. The molecule has 0 bridgehead atoms. The minimum atomic E-state index is -3.88. The Kier molecular flexibility index (Phi) is 7.50. The van der Waals surface area contributed by atoms with Gasteiger partial charge in [-0.25, -0.2) is 8.42 Å². The molecule has 0 spiro atoms. The number of halogens is 2. The average Bonchev–Trinajstić information content (AvgIpc) is 2.73. The fourth-order valence-corrected chi connectivity index (χ4v) is 4.31. The van der Waals surface area contributed by atoms with Gasteiger partial charge < -0.3 is 14.8 Å². The van der Waals surface area contributed by atoms with Crippen molar-refractivity contribution in [3.63, 3.8) is 0 Å².